The van der Waals surface area contributed by atoms with Crippen LogP contribution in [0.2, 0.25) is 10.2 Å². The summed E-state index contributed by atoms with van der Waals surface area (Å²) in [5.74, 6) is 0.488. The lowest BCUT2D eigenvalue weighted by atomic mass is 10.2. The van der Waals surface area contributed by atoms with E-state index in [4.69, 9.17) is 27.9 Å². The van der Waals surface area contributed by atoms with Crippen LogP contribution in [0.1, 0.15) is 28.9 Å². The second-order valence-corrected chi connectivity index (χ2v) is 6.61. The molecule has 6 heteroatoms. The lowest BCUT2D eigenvalue weighted by molar-refractivity contribution is 0.101. The van der Waals surface area contributed by atoms with Crippen LogP contribution in [0.4, 0.5) is 5.69 Å². The Labute approximate surface area is 145 Å². The van der Waals surface area contributed by atoms with Crippen LogP contribution in [0, 0.1) is 5.92 Å². The van der Waals surface area contributed by atoms with E-state index < -0.39 is 0 Å². The smallest absolute Gasteiger partial charge is 0.272 e. The van der Waals surface area contributed by atoms with E-state index in [0.717, 1.165) is 23.8 Å². The number of benzene rings is 1. The highest BCUT2D eigenvalue weighted by Crippen LogP contribution is 2.29. The Balaban J connectivity index is 1.64. The number of nitrogens with zero attached hydrogens (tertiary/aromatic N) is 1. The highest BCUT2D eigenvalue weighted by molar-refractivity contribution is 6.42. The van der Waals surface area contributed by atoms with Gasteiger partial charge in [0, 0.05) is 19.3 Å². The average Bonchev–Trinajstić information content (AvgIpc) is 3.31. The number of hydrogen-bond acceptors (Lipinski definition) is 2. The molecule has 4 nitrogen and oxygen atoms in total. The van der Waals surface area contributed by atoms with Gasteiger partial charge in [0.05, 0.1) is 11.6 Å². The van der Waals surface area contributed by atoms with Crippen molar-refractivity contribution in [3.8, 4) is 0 Å². The van der Waals surface area contributed by atoms with Crippen LogP contribution in [0.25, 0.3) is 0 Å². The molecule has 0 radical (unpaired) electrons. The number of carbonyl (C=O) groups is 1. The molecule has 1 fully saturated rings. The molecule has 2 aromatic rings. The van der Waals surface area contributed by atoms with Crippen LogP contribution >= 0.6 is 23.2 Å². The van der Waals surface area contributed by atoms with Gasteiger partial charge in [-0.3, -0.25) is 4.79 Å². The molecule has 23 heavy (non-hydrogen) atoms. The van der Waals surface area contributed by atoms with Crippen molar-refractivity contribution in [2.75, 3.05) is 11.9 Å². The third kappa shape index (κ3) is 4.08. The van der Waals surface area contributed by atoms with Crippen LogP contribution in [0.5, 0.6) is 0 Å². The first-order valence-electron chi connectivity index (χ1n) is 7.53. The molecule has 0 aliphatic heterocycles. The molecule has 0 spiro atoms. The summed E-state index contributed by atoms with van der Waals surface area (Å²) in [6.45, 7) is 1.37. The lowest BCUT2D eigenvalue weighted by Gasteiger charge is -2.09. The summed E-state index contributed by atoms with van der Waals surface area (Å²) in [6, 6.07) is 9.20. The zero-order chi connectivity index (χ0) is 16.4. The molecule has 1 N–H and O–H groups in total. The number of nitrogens with one attached hydrogen (secondary N) is 1. The summed E-state index contributed by atoms with van der Waals surface area (Å²) in [5, 5.41) is 3.57. The predicted octanol–water partition coefficient (Wildman–Crippen LogP) is 4.51. The molecule has 0 bridgehead atoms. The number of amides is 1. The number of anilines is 1. The fourth-order valence-corrected chi connectivity index (χ4v) is 2.70. The number of hydrogen-bond donors (Lipinski definition) is 1. The maximum Gasteiger partial charge on any atom is 0.272 e. The highest BCUT2D eigenvalue weighted by atomic mass is 35.5. The molecule has 0 unspecified atom stereocenters. The molecule has 1 saturated carbocycles. The monoisotopic (exact) mass is 352 g/mol. The van der Waals surface area contributed by atoms with Crippen molar-refractivity contribution in [1.82, 2.24) is 4.57 Å². The van der Waals surface area contributed by atoms with Crippen molar-refractivity contribution >= 4 is 34.8 Å². The van der Waals surface area contributed by atoms with E-state index in [1.165, 1.54) is 12.8 Å². The van der Waals surface area contributed by atoms with Gasteiger partial charge in [0.1, 0.15) is 10.8 Å². The van der Waals surface area contributed by atoms with Crippen molar-refractivity contribution in [1.29, 1.82) is 0 Å². The van der Waals surface area contributed by atoms with Gasteiger partial charge in [-0.15, -0.1) is 0 Å². The molecule has 0 saturated heterocycles. The van der Waals surface area contributed by atoms with Gasteiger partial charge < -0.3 is 14.6 Å². The number of ether oxygens (including phenoxy) is 1. The highest BCUT2D eigenvalue weighted by Gasteiger charge is 2.21. The van der Waals surface area contributed by atoms with Gasteiger partial charge in [0.2, 0.25) is 0 Å². The summed E-state index contributed by atoms with van der Waals surface area (Å²) in [6.07, 6.45) is 2.55. The van der Waals surface area contributed by atoms with Crippen molar-refractivity contribution in [3.05, 3.63) is 51.8 Å². The molecule has 1 aliphatic carbocycles. The minimum atomic E-state index is -0.252. The summed E-state index contributed by atoms with van der Waals surface area (Å²) >= 11 is 11.9. The summed E-state index contributed by atoms with van der Waals surface area (Å²) in [7, 11) is 1.70. The number of halogens is 2. The Hall–Kier alpha value is -1.49. The summed E-state index contributed by atoms with van der Waals surface area (Å²) in [4.78, 5) is 12.3. The van der Waals surface area contributed by atoms with Crippen molar-refractivity contribution in [3.63, 3.8) is 0 Å². The quantitative estimate of drug-likeness (QED) is 0.830. The topological polar surface area (TPSA) is 43.3 Å². The van der Waals surface area contributed by atoms with Crippen molar-refractivity contribution in [2.24, 2.45) is 13.0 Å². The van der Waals surface area contributed by atoms with Gasteiger partial charge in [-0.1, -0.05) is 35.3 Å². The van der Waals surface area contributed by atoms with Gasteiger partial charge in [-0.05, 0) is 42.5 Å². The Morgan fingerprint density at radius 1 is 1.35 bits per heavy atom. The van der Waals surface area contributed by atoms with Gasteiger partial charge in [0.25, 0.3) is 5.91 Å². The van der Waals surface area contributed by atoms with Crippen LogP contribution in [0.3, 0.4) is 0 Å². The first kappa shape index (κ1) is 16.4. The van der Waals surface area contributed by atoms with E-state index in [9.17, 15) is 4.79 Å². The fourth-order valence-electron chi connectivity index (χ4n) is 2.32. The number of carbonyl (C=O) groups excluding carboxylic acids is 1. The molecule has 1 heterocycles. The second-order valence-electron chi connectivity index (χ2n) is 5.84. The molecule has 1 aliphatic rings. The zero-order valence-corrected chi connectivity index (χ0v) is 14.3. The average molecular weight is 353 g/mol. The second kappa shape index (κ2) is 6.95. The molecule has 0 atom stereocenters. The normalized spacial score (nSPS) is 14.0. The van der Waals surface area contributed by atoms with Gasteiger partial charge in [-0.25, -0.2) is 0 Å². The largest absolute Gasteiger partial charge is 0.376 e. The molecular formula is C17H18Cl2N2O2. The minimum absolute atomic E-state index is 0.252. The zero-order valence-electron chi connectivity index (χ0n) is 12.8. The van der Waals surface area contributed by atoms with E-state index in [0.29, 0.717) is 22.5 Å². The molecule has 1 aromatic carbocycles. The SMILES string of the molecule is Cn1c(C(=O)Nc2cccc(COCC3CC3)c2)cc(Cl)c1Cl. The molecule has 1 amide bonds. The Morgan fingerprint density at radius 3 is 2.78 bits per heavy atom. The van der Waals surface area contributed by atoms with Gasteiger partial charge in [0.15, 0.2) is 0 Å². The Kier molecular flexibility index (Phi) is 4.95. The fraction of sp³-hybridized carbons (Fsp3) is 0.353. The van der Waals surface area contributed by atoms with Crippen molar-refractivity contribution < 1.29 is 9.53 Å². The van der Waals surface area contributed by atoms with Crippen LogP contribution < -0.4 is 5.32 Å². The summed E-state index contributed by atoms with van der Waals surface area (Å²) in [5.41, 5.74) is 2.16. The van der Waals surface area contributed by atoms with Crippen LogP contribution in [-0.4, -0.2) is 17.1 Å². The van der Waals surface area contributed by atoms with Gasteiger partial charge >= 0.3 is 0 Å². The van der Waals surface area contributed by atoms with E-state index in [1.54, 1.807) is 17.7 Å². The molecule has 122 valence electrons. The third-order valence-corrected chi connectivity index (χ3v) is 4.70. The lowest BCUT2D eigenvalue weighted by Crippen LogP contribution is -2.15. The number of rotatable bonds is 6. The maximum atomic E-state index is 12.3. The molecule has 1 aromatic heterocycles. The van der Waals surface area contributed by atoms with E-state index in [-0.39, 0.29) is 5.91 Å². The third-order valence-electron chi connectivity index (χ3n) is 3.85. The van der Waals surface area contributed by atoms with Crippen LogP contribution in [-0.2, 0) is 18.4 Å². The van der Waals surface area contributed by atoms with E-state index >= 15 is 0 Å². The van der Waals surface area contributed by atoms with E-state index in [2.05, 4.69) is 5.32 Å². The standard InChI is InChI=1S/C17H18Cl2N2O2/c1-21-15(8-14(18)16(21)19)17(22)20-13-4-2-3-12(7-13)10-23-9-11-5-6-11/h2-4,7-8,11H,5-6,9-10H2,1H3,(H,20,22). The predicted molar refractivity (Wildman–Crippen MR) is 92.2 cm³/mol. The maximum absolute atomic E-state index is 12.3. The van der Waals surface area contributed by atoms with Gasteiger partial charge in [-0.2, -0.15) is 0 Å². The first-order chi connectivity index (χ1) is 11.0. The Bertz CT molecular complexity index is 723. The molecule has 3 rings (SSSR count). The first-order valence-corrected chi connectivity index (χ1v) is 8.29. The summed E-state index contributed by atoms with van der Waals surface area (Å²) < 4.78 is 7.23. The number of aromatic nitrogens is 1. The van der Waals surface area contributed by atoms with Crippen molar-refractivity contribution in [2.45, 2.75) is 19.4 Å². The minimum Gasteiger partial charge on any atom is -0.376 e. The van der Waals surface area contributed by atoms with Crippen LogP contribution in [0.15, 0.2) is 30.3 Å². The van der Waals surface area contributed by atoms with E-state index in [1.807, 2.05) is 24.3 Å². The Morgan fingerprint density at radius 2 is 2.13 bits per heavy atom. The molecular weight excluding hydrogens is 335 g/mol.